The Morgan fingerprint density at radius 3 is 1.69 bits per heavy atom. The maximum atomic E-state index is 9.94. The van der Waals surface area contributed by atoms with Crippen LogP contribution in [-0.2, 0) is 4.74 Å². The third-order valence-electron chi connectivity index (χ3n) is 2.48. The third-order valence-corrected chi connectivity index (χ3v) is 2.48. The zero-order valence-electron chi connectivity index (χ0n) is 11.9. The number of ether oxygens (including phenoxy) is 1. The predicted octanol–water partition coefficient (Wildman–Crippen LogP) is 3.62. The van der Waals surface area contributed by atoms with Gasteiger partial charge in [0.05, 0.1) is 18.3 Å². The van der Waals surface area contributed by atoms with Crippen LogP contribution in [0.1, 0.15) is 60.8 Å². The van der Waals surface area contributed by atoms with Crippen molar-refractivity contribution in [2.24, 2.45) is 11.8 Å². The van der Waals surface area contributed by atoms with E-state index in [1.54, 1.807) is 0 Å². The molecule has 0 aliphatic heterocycles. The summed E-state index contributed by atoms with van der Waals surface area (Å²) >= 11 is 0. The van der Waals surface area contributed by atoms with Crippen LogP contribution in [0, 0.1) is 11.8 Å². The molecule has 0 bridgehead atoms. The molecule has 2 unspecified atom stereocenters. The van der Waals surface area contributed by atoms with Crippen molar-refractivity contribution in [2.75, 3.05) is 0 Å². The molecule has 0 amide bonds. The second kappa shape index (κ2) is 8.08. The summed E-state index contributed by atoms with van der Waals surface area (Å²) in [7, 11) is 0. The van der Waals surface area contributed by atoms with Crippen molar-refractivity contribution >= 4 is 0 Å². The van der Waals surface area contributed by atoms with E-state index in [9.17, 15) is 5.11 Å². The molecule has 0 rings (SSSR count). The number of rotatable bonds is 8. The topological polar surface area (TPSA) is 29.5 Å². The Kier molecular flexibility index (Phi) is 8.04. The average molecular weight is 230 g/mol. The van der Waals surface area contributed by atoms with Crippen molar-refractivity contribution in [1.82, 2.24) is 0 Å². The molecular weight excluding hydrogens is 200 g/mol. The molecule has 16 heavy (non-hydrogen) atoms. The van der Waals surface area contributed by atoms with Crippen LogP contribution in [0.5, 0.6) is 0 Å². The predicted molar refractivity (Wildman–Crippen MR) is 69.5 cm³/mol. The molecule has 0 aromatic carbocycles. The van der Waals surface area contributed by atoms with Gasteiger partial charge in [-0.2, -0.15) is 0 Å². The lowest BCUT2D eigenvalue weighted by molar-refractivity contribution is -0.0326. The van der Waals surface area contributed by atoms with Gasteiger partial charge in [0.1, 0.15) is 0 Å². The summed E-state index contributed by atoms with van der Waals surface area (Å²) in [4.78, 5) is 0. The van der Waals surface area contributed by atoms with Crippen LogP contribution in [0.3, 0.4) is 0 Å². The van der Waals surface area contributed by atoms with E-state index in [-0.39, 0.29) is 18.3 Å². The van der Waals surface area contributed by atoms with E-state index in [2.05, 4.69) is 41.5 Å². The van der Waals surface area contributed by atoms with Crippen LogP contribution in [0.15, 0.2) is 0 Å². The molecule has 0 heterocycles. The maximum absolute atomic E-state index is 9.94. The lowest BCUT2D eigenvalue weighted by atomic mass is 9.96. The molecule has 0 aromatic heterocycles. The summed E-state index contributed by atoms with van der Waals surface area (Å²) in [6, 6.07) is 0. The molecule has 0 aliphatic carbocycles. The van der Waals surface area contributed by atoms with Crippen molar-refractivity contribution in [2.45, 2.75) is 79.1 Å². The van der Waals surface area contributed by atoms with Crippen LogP contribution >= 0.6 is 0 Å². The molecule has 0 aromatic rings. The quantitative estimate of drug-likeness (QED) is 0.690. The highest BCUT2D eigenvalue weighted by molar-refractivity contribution is 4.69. The van der Waals surface area contributed by atoms with Crippen molar-refractivity contribution in [3.05, 3.63) is 0 Å². The van der Waals surface area contributed by atoms with Gasteiger partial charge in [-0.3, -0.25) is 0 Å². The number of aliphatic hydroxyl groups excluding tert-OH is 1. The molecule has 2 heteroatoms. The Bertz CT molecular complexity index is 154. The standard InChI is InChI=1S/C14H30O2/c1-10(2)7-13(15)9-14(8-11(3)4)16-12(5)6/h10-15H,7-9H2,1-6H3. The number of hydrogen-bond acceptors (Lipinski definition) is 2. The van der Waals surface area contributed by atoms with E-state index in [0.717, 1.165) is 19.3 Å². The van der Waals surface area contributed by atoms with Gasteiger partial charge in [-0.1, -0.05) is 27.7 Å². The Morgan fingerprint density at radius 2 is 1.31 bits per heavy atom. The van der Waals surface area contributed by atoms with Gasteiger partial charge in [-0.15, -0.1) is 0 Å². The lowest BCUT2D eigenvalue weighted by Crippen LogP contribution is -2.26. The summed E-state index contributed by atoms with van der Waals surface area (Å²) in [6.07, 6.45) is 2.91. The van der Waals surface area contributed by atoms with Gasteiger partial charge in [0.2, 0.25) is 0 Å². The number of hydrogen-bond donors (Lipinski definition) is 1. The lowest BCUT2D eigenvalue weighted by Gasteiger charge is -2.25. The van der Waals surface area contributed by atoms with Crippen LogP contribution in [0.4, 0.5) is 0 Å². The third kappa shape index (κ3) is 9.17. The van der Waals surface area contributed by atoms with E-state index in [0.29, 0.717) is 11.8 Å². The molecule has 0 fully saturated rings. The van der Waals surface area contributed by atoms with E-state index in [1.807, 2.05) is 0 Å². The summed E-state index contributed by atoms with van der Waals surface area (Å²) in [5.41, 5.74) is 0. The first-order chi connectivity index (χ1) is 7.31. The summed E-state index contributed by atoms with van der Waals surface area (Å²) in [5, 5.41) is 9.94. The van der Waals surface area contributed by atoms with E-state index >= 15 is 0 Å². The van der Waals surface area contributed by atoms with Crippen molar-refractivity contribution < 1.29 is 9.84 Å². The molecule has 2 atom stereocenters. The van der Waals surface area contributed by atoms with Gasteiger partial charge in [0, 0.05) is 0 Å². The van der Waals surface area contributed by atoms with Crippen LogP contribution in [-0.4, -0.2) is 23.4 Å². The molecule has 98 valence electrons. The SMILES string of the molecule is CC(C)CC(O)CC(CC(C)C)OC(C)C. The highest BCUT2D eigenvalue weighted by Gasteiger charge is 2.18. The first-order valence-corrected chi connectivity index (χ1v) is 6.64. The summed E-state index contributed by atoms with van der Waals surface area (Å²) in [6.45, 7) is 12.8. The van der Waals surface area contributed by atoms with E-state index in [1.165, 1.54) is 0 Å². The van der Waals surface area contributed by atoms with Gasteiger partial charge >= 0.3 is 0 Å². The Balaban J connectivity index is 4.08. The molecule has 0 aliphatic rings. The molecule has 0 radical (unpaired) electrons. The number of aliphatic hydroxyl groups is 1. The Hall–Kier alpha value is -0.0800. The second-order valence-corrected chi connectivity index (χ2v) is 5.96. The van der Waals surface area contributed by atoms with Gasteiger partial charge in [0.25, 0.3) is 0 Å². The molecule has 0 saturated heterocycles. The normalized spacial score (nSPS) is 16.1. The average Bonchev–Trinajstić information content (AvgIpc) is 1.97. The van der Waals surface area contributed by atoms with Gasteiger partial charge < -0.3 is 9.84 Å². The zero-order valence-corrected chi connectivity index (χ0v) is 11.9. The summed E-state index contributed by atoms with van der Waals surface area (Å²) in [5.74, 6) is 1.17. The highest BCUT2D eigenvalue weighted by Crippen LogP contribution is 2.18. The minimum absolute atomic E-state index is 0.203. The highest BCUT2D eigenvalue weighted by atomic mass is 16.5. The van der Waals surface area contributed by atoms with Crippen molar-refractivity contribution in [1.29, 1.82) is 0 Å². The van der Waals surface area contributed by atoms with Gasteiger partial charge in [-0.25, -0.2) is 0 Å². The minimum atomic E-state index is -0.220. The van der Waals surface area contributed by atoms with Crippen LogP contribution < -0.4 is 0 Å². The minimum Gasteiger partial charge on any atom is -0.393 e. The second-order valence-electron chi connectivity index (χ2n) is 5.96. The van der Waals surface area contributed by atoms with Crippen molar-refractivity contribution in [3.63, 3.8) is 0 Å². The maximum Gasteiger partial charge on any atom is 0.0605 e. The molecule has 0 spiro atoms. The zero-order chi connectivity index (χ0) is 12.7. The fraction of sp³-hybridized carbons (Fsp3) is 1.00. The molecule has 1 N–H and O–H groups in total. The van der Waals surface area contributed by atoms with Crippen molar-refractivity contribution in [3.8, 4) is 0 Å². The fourth-order valence-corrected chi connectivity index (χ4v) is 2.06. The largest absolute Gasteiger partial charge is 0.393 e. The van der Waals surface area contributed by atoms with Gasteiger partial charge in [0.15, 0.2) is 0 Å². The first kappa shape index (κ1) is 15.9. The molecule has 0 saturated carbocycles. The fourth-order valence-electron chi connectivity index (χ4n) is 2.06. The molecular formula is C14H30O2. The van der Waals surface area contributed by atoms with Crippen LogP contribution in [0.25, 0.3) is 0 Å². The van der Waals surface area contributed by atoms with E-state index in [4.69, 9.17) is 4.74 Å². The smallest absolute Gasteiger partial charge is 0.0605 e. The first-order valence-electron chi connectivity index (χ1n) is 6.64. The molecule has 2 nitrogen and oxygen atoms in total. The monoisotopic (exact) mass is 230 g/mol. The van der Waals surface area contributed by atoms with Crippen LogP contribution in [0.2, 0.25) is 0 Å². The van der Waals surface area contributed by atoms with E-state index < -0.39 is 0 Å². The summed E-state index contributed by atoms with van der Waals surface area (Å²) < 4.78 is 5.85. The Morgan fingerprint density at radius 1 is 0.812 bits per heavy atom. The Labute approximate surface area is 101 Å². The van der Waals surface area contributed by atoms with Gasteiger partial charge in [-0.05, 0) is 44.9 Å².